The molecule has 0 unspecified atom stereocenters. The van der Waals surface area contributed by atoms with Gasteiger partial charge in [0.25, 0.3) is 0 Å². The quantitative estimate of drug-likeness (QED) is 0.774. The van der Waals surface area contributed by atoms with Crippen LogP contribution in [-0.4, -0.2) is 4.98 Å². The van der Waals surface area contributed by atoms with Gasteiger partial charge < -0.3 is 0 Å². The standard InChI is InChI=1S/C10H11ClN2S/c11-9-8(5-6-12)13-10(14-9)7-3-1-2-4-7/h7H,1-5H2. The molecule has 2 rings (SSSR count). The first-order valence-corrected chi connectivity index (χ1v) is 6.02. The molecular formula is C10H11ClN2S. The van der Waals surface area contributed by atoms with Crippen LogP contribution in [-0.2, 0) is 6.42 Å². The molecule has 1 aliphatic rings. The minimum absolute atomic E-state index is 0.335. The zero-order chi connectivity index (χ0) is 9.97. The van der Waals surface area contributed by atoms with Crippen molar-refractivity contribution in [2.75, 3.05) is 0 Å². The van der Waals surface area contributed by atoms with Crippen LogP contribution in [0.3, 0.4) is 0 Å². The van der Waals surface area contributed by atoms with E-state index in [1.165, 1.54) is 25.7 Å². The number of thiazole rings is 1. The van der Waals surface area contributed by atoms with Crippen LogP contribution >= 0.6 is 22.9 Å². The van der Waals surface area contributed by atoms with Crippen LogP contribution in [0.4, 0.5) is 0 Å². The molecule has 2 nitrogen and oxygen atoms in total. The summed E-state index contributed by atoms with van der Waals surface area (Å²) in [7, 11) is 0. The van der Waals surface area contributed by atoms with Crippen molar-refractivity contribution < 1.29 is 0 Å². The largest absolute Gasteiger partial charge is 0.243 e. The van der Waals surface area contributed by atoms with Gasteiger partial charge in [-0.25, -0.2) is 4.98 Å². The second-order valence-corrected chi connectivity index (χ2v) is 5.22. The maximum absolute atomic E-state index is 8.57. The summed E-state index contributed by atoms with van der Waals surface area (Å²) in [6.45, 7) is 0. The molecule has 0 atom stereocenters. The van der Waals surface area contributed by atoms with Gasteiger partial charge in [-0.1, -0.05) is 24.4 Å². The molecule has 74 valence electrons. The lowest BCUT2D eigenvalue weighted by Crippen LogP contribution is -1.91. The molecule has 1 aromatic rings. The molecule has 0 bridgehead atoms. The van der Waals surface area contributed by atoms with Gasteiger partial charge in [0.05, 0.1) is 23.2 Å². The van der Waals surface area contributed by atoms with E-state index >= 15 is 0 Å². The van der Waals surface area contributed by atoms with E-state index in [1.807, 2.05) is 0 Å². The Morgan fingerprint density at radius 3 is 2.86 bits per heavy atom. The number of hydrogen-bond acceptors (Lipinski definition) is 3. The SMILES string of the molecule is N#CCc1nc(C2CCCC2)sc1Cl. The predicted octanol–water partition coefficient (Wildman–Crippen LogP) is 3.52. The van der Waals surface area contributed by atoms with E-state index in [4.69, 9.17) is 16.9 Å². The van der Waals surface area contributed by atoms with Gasteiger partial charge in [0.15, 0.2) is 0 Å². The molecular weight excluding hydrogens is 216 g/mol. The monoisotopic (exact) mass is 226 g/mol. The summed E-state index contributed by atoms with van der Waals surface area (Å²) in [5, 5.41) is 9.71. The lowest BCUT2D eigenvalue weighted by atomic mass is 10.1. The first-order chi connectivity index (χ1) is 6.81. The van der Waals surface area contributed by atoms with Gasteiger partial charge in [0.1, 0.15) is 4.34 Å². The minimum atomic E-state index is 0.335. The maximum Gasteiger partial charge on any atom is 0.117 e. The minimum Gasteiger partial charge on any atom is -0.243 e. The fourth-order valence-corrected chi connectivity index (χ4v) is 3.21. The molecule has 4 heteroatoms. The van der Waals surface area contributed by atoms with Crippen molar-refractivity contribution in [2.45, 2.75) is 38.0 Å². The maximum atomic E-state index is 8.57. The molecule has 1 heterocycles. The normalized spacial score (nSPS) is 17.1. The summed E-state index contributed by atoms with van der Waals surface area (Å²) < 4.78 is 0.702. The first kappa shape index (κ1) is 9.95. The molecule has 0 N–H and O–H groups in total. The smallest absolute Gasteiger partial charge is 0.117 e. The summed E-state index contributed by atoms with van der Waals surface area (Å²) in [5.41, 5.74) is 0.765. The third-order valence-electron chi connectivity index (χ3n) is 2.62. The van der Waals surface area contributed by atoms with Crippen LogP contribution < -0.4 is 0 Å². The molecule has 14 heavy (non-hydrogen) atoms. The molecule has 0 spiro atoms. The van der Waals surface area contributed by atoms with Crippen LogP contribution in [0.1, 0.15) is 42.3 Å². The molecule has 1 aromatic heterocycles. The summed E-state index contributed by atoms with van der Waals surface area (Å²) >= 11 is 7.56. The molecule has 1 saturated carbocycles. The lowest BCUT2D eigenvalue weighted by Gasteiger charge is -2.01. The molecule has 1 aliphatic carbocycles. The fourth-order valence-electron chi connectivity index (χ4n) is 1.88. The van der Waals surface area contributed by atoms with E-state index in [2.05, 4.69) is 11.1 Å². The third kappa shape index (κ3) is 1.92. The van der Waals surface area contributed by atoms with Crippen LogP contribution in [0, 0.1) is 11.3 Å². The Kier molecular flexibility index (Phi) is 3.05. The van der Waals surface area contributed by atoms with Crippen LogP contribution in [0.25, 0.3) is 0 Å². The van der Waals surface area contributed by atoms with Gasteiger partial charge in [-0.05, 0) is 12.8 Å². The fraction of sp³-hybridized carbons (Fsp3) is 0.600. The van der Waals surface area contributed by atoms with Gasteiger partial charge in [-0.3, -0.25) is 0 Å². The van der Waals surface area contributed by atoms with Crippen molar-refractivity contribution in [1.82, 2.24) is 4.98 Å². The van der Waals surface area contributed by atoms with E-state index < -0.39 is 0 Å². The average molecular weight is 227 g/mol. The topological polar surface area (TPSA) is 36.7 Å². The lowest BCUT2D eigenvalue weighted by molar-refractivity contribution is 0.713. The highest BCUT2D eigenvalue weighted by Crippen LogP contribution is 2.38. The van der Waals surface area contributed by atoms with Gasteiger partial charge in [-0.15, -0.1) is 11.3 Å². The first-order valence-electron chi connectivity index (χ1n) is 4.83. The Morgan fingerprint density at radius 2 is 2.21 bits per heavy atom. The summed E-state index contributed by atoms with van der Waals surface area (Å²) in [4.78, 5) is 4.45. The highest BCUT2D eigenvalue weighted by atomic mass is 35.5. The highest BCUT2D eigenvalue weighted by Gasteiger charge is 2.21. The summed E-state index contributed by atoms with van der Waals surface area (Å²) in [6, 6.07) is 2.09. The highest BCUT2D eigenvalue weighted by molar-refractivity contribution is 7.16. The third-order valence-corrected chi connectivity index (χ3v) is 4.12. The summed E-state index contributed by atoms with van der Waals surface area (Å²) in [6.07, 6.45) is 5.40. The van der Waals surface area contributed by atoms with Crippen molar-refractivity contribution in [2.24, 2.45) is 0 Å². The van der Waals surface area contributed by atoms with Crippen molar-refractivity contribution in [3.8, 4) is 6.07 Å². The zero-order valence-electron chi connectivity index (χ0n) is 7.79. The van der Waals surface area contributed by atoms with E-state index in [1.54, 1.807) is 11.3 Å². The van der Waals surface area contributed by atoms with Gasteiger partial charge >= 0.3 is 0 Å². The van der Waals surface area contributed by atoms with Crippen LogP contribution in [0.15, 0.2) is 0 Å². The molecule has 1 fully saturated rings. The Bertz CT molecular complexity index is 361. The average Bonchev–Trinajstić information content (AvgIpc) is 2.76. The second kappa shape index (κ2) is 4.29. The van der Waals surface area contributed by atoms with Gasteiger partial charge in [0.2, 0.25) is 0 Å². The van der Waals surface area contributed by atoms with E-state index in [0.29, 0.717) is 16.7 Å². The Hall–Kier alpha value is -0.590. The zero-order valence-corrected chi connectivity index (χ0v) is 9.37. The number of rotatable bonds is 2. The molecule has 0 aliphatic heterocycles. The van der Waals surface area contributed by atoms with Gasteiger partial charge in [-0.2, -0.15) is 5.26 Å². The van der Waals surface area contributed by atoms with Crippen molar-refractivity contribution >= 4 is 22.9 Å². The second-order valence-electron chi connectivity index (χ2n) is 3.59. The number of aromatic nitrogens is 1. The summed E-state index contributed by atoms with van der Waals surface area (Å²) in [5.74, 6) is 0.602. The Morgan fingerprint density at radius 1 is 1.50 bits per heavy atom. The molecule has 0 radical (unpaired) electrons. The Labute approximate surface area is 92.5 Å². The molecule has 0 amide bonds. The van der Waals surface area contributed by atoms with Crippen molar-refractivity contribution in [3.63, 3.8) is 0 Å². The van der Waals surface area contributed by atoms with Crippen molar-refractivity contribution in [3.05, 3.63) is 15.0 Å². The Balaban J connectivity index is 2.19. The number of halogens is 1. The molecule has 0 saturated heterocycles. The predicted molar refractivity (Wildman–Crippen MR) is 57.7 cm³/mol. The number of nitriles is 1. The van der Waals surface area contributed by atoms with E-state index in [-0.39, 0.29) is 0 Å². The van der Waals surface area contributed by atoms with E-state index in [9.17, 15) is 0 Å². The van der Waals surface area contributed by atoms with Crippen LogP contribution in [0.2, 0.25) is 4.34 Å². The van der Waals surface area contributed by atoms with Crippen molar-refractivity contribution in [1.29, 1.82) is 5.26 Å². The number of nitrogens with zero attached hydrogens (tertiary/aromatic N) is 2. The van der Waals surface area contributed by atoms with Crippen LogP contribution in [0.5, 0.6) is 0 Å². The van der Waals surface area contributed by atoms with E-state index in [0.717, 1.165) is 10.7 Å². The van der Waals surface area contributed by atoms with Gasteiger partial charge in [0, 0.05) is 5.92 Å². The molecule has 0 aromatic carbocycles. The number of hydrogen-bond donors (Lipinski definition) is 0.